The topological polar surface area (TPSA) is 17.1 Å². The first-order chi connectivity index (χ1) is 14.2. The summed E-state index contributed by atoms with van der Waals surface area (Å²) >= 11 is 3.45. The fourth-order valence-corrected chi connectivity index (χ4v) is 3.04. The van der Waals surface area contributed by atoms with Crippen molar-refractivity contribution in [2.75, 3.05) is 0 Å². The Kier molecular flexibility index (Phi) is 10.5. The number of carbonyl (C=O) groups excluding carboxylic acids is 1. The van der Waals surface area contributed by atoms with Crippen LogP contribution < -0.4 is 0 Å². The second-order valence-electron chi connectivity index (χ2n) is 6.12. The van der Waals surface area contributed by atoms with E-state index < -0.39 is 17.5 Å². The molecule has 0 amide bonds. The van der Waals surface area contributed by atoms with Gasteiger partial charge in [0.1, 0.15) is 0 Å². The quantitative estimate of drug-likeness (QED) is 0.344. The van der Waals surface area contributed by atoms with Gasteiger partial charge in [0, 0.05) is 10.0 Å². The average Bonchev–Trinajstić information content (AvgIpc) is 2.75. The maximum atomic E-state index is 12.3. The number of hydrogen-bond acceptors (Lipinski definition) is 1. The Hall–Kier alpha value is -2.40. The summed E-state index contributed by atoms with van der Waals surface area (Å²) < 4.78 is 37.9. The molecule has 3 aromatic rings. The van der Waals surface area contributed by atoms with Crippen LogP contribution in [-0.2, 0) is 12.6 Å². The van der Waals surface area contributed by atoms with Gasteiger partial charge in [-0.15, -0.1) is 0 Å². The van der Waals surface area contributed by atoms with Gasteiger partial charge in [-0.25, -0.2) is 0 Å². The number of benzene rings is 3. The van der Waals surface area contributed by atoms with E-state index in [1.165, 1.54) is 34.9 Å². The number of alkyl halides is 3. The predicted octanol–water partition coefficient (Wildman–Crippen LogP) is 8.61. The third kappa shape index (κ3) is 7.45. The molecule has 5 heteroatoms. The van der Waals surface area contributed by atoms with Crippen LogP contribution in [0.25, 0.3) is 11.1 Å². The van der Waals surface area contributed by atoms with Crippen molar-refractivity contribution in [3.63, 3.8) is 0 Å². The minimum atomic E-state index is -4.46. The van der Waals surface area contributed by atoms with Crippen molar-refractivity contribution in [2.24, 2.45) is 0 Å². The van der Waals surface area contributed by atoms with Crippen LogP contribution in [0.4, 0.5) is 13.2 Å². The monoisotopic (exact) mass is 478 g/mol. The number of carbonyl (C=O) groups is 1. The molecule has 1 nitrogen and oxygen atoms in total. The first kappa shape index (κ1) is 25.6. The minimum Gasteiger partial charge on any atom is -0.294 e. The van der Waals surface area contributed by atoms with Gasteiger partial charge in [0.15, 0.2) is 5.78 Å². The summed E-state index contributed by atoms with van der Waals surface area (Å²) in [5.41, 5.74) is 2.88. The van der Waals surface area contributed by atoms with Crippen LogP contribution in [-0.4, -0.2) is 5.78 Å². The molecule has 0 saturated carbocycles. The van der Waals surface area contributed by atoms with Crippen LogP contribution in [0.1, 0.15) is 49.2 Å². The number of halogens is 4. The highest BCUT2D eigenvalue weighted by atomic mass is 79.9. The van der Waals surface area contributed by atoms with Crippen molar-refractivity contribution in [3.8, 4) is 11.1 Å². The second kappa shape index (κ2) is 12.3. The van der Waals surface area contributed by atoms with E-state index in [4.69, 9.17) is 0 Å². The van der Waals surface area contributed by atoms with Crippen molar-refractivity contribution in [1.82, 2.24) is 0 Å². The fraction of sp³-hybridized carbons (Fsp3) is 0.240. The molecule has 0 heterocycles. The van der Waals surface area contributed by atoms with Gasteiger partial charge in [0.2, 0.25) is 0 Å². The maximum Gasteiger partial charge on any atom is 0.417 e. The molecule has 0 aromatic heterocycles. The Labute approximate surface area is 185 Å². The zero-order valence-electron chi connectivity index (χ0n) is 17.6. The lowest BCUT2D eigenvalue weighted by Gasteiger charge is -2.09. The molecule has 0 aliphatic heterocycles. The molecule has 3 aromatic carbocycles. The van der Waals surface area contributed by atoms with Gasteiger partial charge in [-0.1, -0.05) is 91.3 Å². The zero-order valence-corrected chi connectivity index (χ0v) is 19.1. The van der Waals surface area contributed by atoms with Crippen LogP contribution in [0.15, 0.2) is 77.3 Å². The maximum absolute atomic E-state index is 12.3. The molecule has 0 fully saturated rings. The van der Waals surface area contributed by atoms with Crippen molar-refractivity contribution in [1.29, 1.82) is 0 Å². The Balaban J connectivity index is 0.000000280. The fourth-order valence-electron chi connectivity index (χ4n) is 2.78. The Morgan fingerprint density at radius 3 is 1.90 bits per heavy atom. The van der Waals surface area contributed by atoms with E-state index in [9.17, 15) is 18.0 Å². The number of aryl methyl sites for hydroxylation is 1. The van der Waals surface area contributed by atoms with E-state index in [1.807, 2.05) is 13.8 Å². The highest BCUT2D eigenvalue weighted by molar-refractivity contribution is 9.10. The molecule has 0 spiro atoms. The average molecular weight is 479 g/mol. The van der Waals surface area contributed by atoms with E-state index in [2.05, 4.69) is 71.4 Å². The molecule has 3 rings (SSSR count). The number of hydrogen-bond donors (Lipinski definition) is 0. The van der Waals surface area contributed by atoms with Crippen LogP contribution in [0.5, 0.6) is 0 Å². The van der Waals surface area contributed by atoms with Gasteiger partial charge in [-0.05, 0) is 48.2 Å². The van der Waals surface area contributed by atoms with E-state index in [-0.39, 0.29) is 5.56 Å². The predicted molar refractivity (Wildman–Crippen MR) is 122 cm³/mol. The molecule has 0 bridgehead atoms. The SMILES string of the molecule is CC.CC(=O)c1ccccc1C(F)(F)F.CCc1ccccc1-c1ccc(Br)cc1. The summed E-state index contributed by atoms with van der Waals surface area (Å²) in [6.07, 6.45) is -3.38. The van der Waals surface area contributed by atoms with Crippen LogP contribution in [0.2, 0.25) is 0 Å². The molecule has 0 aliphatic rings. The second-order valence-corrected chi connectivity index (χ2v) is 7.03. The molecule has 0 radical (unpaired) electrons. The van der Waals surface area contributed by atoms with E-state index in [0.717, 1.165) is 23.9 Å². The van der Waals surface area contributed by atoms with E-state index >= 15 is 0 Å². The van der Waals surface area contributed by atoms with Crippen LogP contribution >= 0.6 is 15.9 Å². The molecule has 0 N–H and O–H groups in total. The molecule has 30 heavy (non-hydrogen) atoms. The first-order valence-corrected chi connectivity index (χ1v) is 10.5. The lowest BCUT2D eigenvalue weighted by atomic mass is 9.98. The highest BCUT2D eigenvalue weighted by Crippen LogP contribution is 2.31. The number of rotatable bonds is 3. The van der Waals surface area contributed by atoms with Gasteiger partial charge >= 0.3 is 6.18 Å². The molecule has 0 unspecified atom stereocenters. The summed E-state index contributed by atoms with van der Waals surface area (Å²) in [4.78, 5) is 10.8. The van der Waals surface area contributed by atoms with Crippen LogP contribution in [0.3, 0.4) is 0 Å². The van der Waals surface area contributed by atoms with Crippen molar-refractivity contribution in [2.45, 2.75) is 40.3 Å². The van der Waals surface area contributed by atoms with Gasteiger partial charge in [0.25, 0.3) is 0 Å². The largest absolute Gasteiger partial charge is 0.417 e. The Morgan fingerprint density at radius 1 is 0.867 bits per heavy atom. The molecular formula is C25H26BrF3O. The summed E-state index contributed by atoms with van der Waals surface area (Å²) in [6.45, 7) is 7.31. The lowest BCUT2D eigenvalue weighted by molar-refractivity contribution is -0.137. The normalized spacial score (nSPS) is 10.3. The number of Topliss-reactive ketones (excluding diaryl/α,β-unsaturated/α-hetero) is 1. The molecular weight excluding hydrogens is 453 g/mol. The van der Waals surface area contributed by atoms with Crippen molar-refractivity contribution < 1.29 is 18.0 Å². The third-order valence-electron chi connectivity index (χ3n) is 4.17. The Bertz CT molecular complexity index is 932. The van der Waals surface area contributed by atoms with Crippen LogP contribution in [0, 0.1) is 0 Å². The van der Waals surface area contributed by atoms with Crippen molar-refractivity contribution >= 4 is 21.7 Å². The van der Waals surface area contributed by atoms with Gasteiger partial charge in [0.05, 0.1) is 5.56 Å². The molecule has 0 atom stereocenters. The van der Waals surface area contributed by atoms with E-state index in [1.54, 1.807) is 0 Å². The van der Waals surface area contributed by atoms with Gasteiger partial charge in [-0.3, -0.25) is 4.79 Å². The first-order valence-electron chi connectivity index (χ1n) is 9.75. The zero-order chi connectivity index (χ0) is 22.7. The van der Waals surface area contributed by atoms with Gasteiger partial charge < -0.3 is 0 Å². The molecule has 0 saturated heterocycles. The summed E-state index contributed by atoms with van der Waals surface area (Å²) in [5, 5.41) is 0. The highest BCUT2D eigenvalue weighted by Gasteiger charge is 2.33. The Morgan fingerprint density at radius 2 is 1.40 bits per heavy atom. The standard InChI is InChI=1S/C14H13Br.C9H7F3O.C2H6/c1-2-11-5-3-4-6-14(11)12-7-9-13(15)10-8-12;1-6(13)7-4-2-3-5-8(7)9(10,11)12;1-2/h3-10H,2H2,1H3;2-5H,1H3;1-2H3. The summed E-state index contributed by atoms with van der Waals surface area (Å²) in [5.74, 6) is -0.576. The lowest BCUT2D eigenvalue weighted by Crippen LogP contribution is -2.11. The van der Waals surface area contributed by atoms with Gasteiger partial charge in [-0.2, -0.15) is 13.2 Å². The third-order valence-corrected chi connectivity index (χ3v) is 4.69. The molecule has 160 valence electrons. The van der Waals surface area contributed by atoms with Crippen molar-refractivity contribution in [3.05, 3.63) is 94.0 Å². The summed E-state index contributed by atoms with van der Waals surface area (Å²) in [6, 6.07) is 21.8. The van der Waals surface area contributed by atoms with E-state index in [0.29, 0.717) is 0 Å². The number of ketones is 1. The molecule has 0 aliphatic carbocycles. The summed E-state index contributed by atoms with van der Waals surface area (Å²) in [7, 11) is 0. The minimum absolute atomic E-state index is 0.282. The smallest absolute Gasteiger partial charge is 0.294 e.